The number of halogens is 3. The summed E-state index contributed by atoms with van der Waals surface area (Å²) in [5, 5.41) is 6.48. The number of ether oxygens (including phenoxy) is 1. The van der Waals surface area contributed by atoms with Gasteiger partial charge in [0, 0.05) is 44.0 Å². The maximum Gasteiger partial charge on any atom is 0.416 e. The number of alkyl halides is 3. The summed E-state index contributed by atoms with van der Waals surface area (Å²) >= 11 is 0. The van der Waals surface area contributed by atoms with Crippen LogP contribution in [-0.2, 0) is 15.7 Å². The Hall–Kier alpha value is -3.76. The number of anilines is 1. The van der Waals surface area contributed by atoms with Gasteiger partial charge >= 0.3 is 6.18 Å². The third-order valence-electron chi connectivity index (χ3n) is 6.09. The monoisotopic (exact) mass is 472 g/mol. The molecule has 1 aromatic carbocycles. The van der Waals surface area contributed by atoms with Gasteiger partial charge in [0.15, 0.2) is 0 Å². The predicted octanol–water partition coefficient (Wildman–Crippen LogP) is 3.43. The second-order valence-corrected chi connectivity index (χ2v) is 8.32. The number of carbonyl (C=O) groups is 1. The largest absolute Gasteiger partial charge is 0.458 e. The highest BCUT2D eigenvalue weighted by atomic mass is 19.4. The van der Waals surface area contributed by atoms with E-state index in [2.05, 4.69) is 20.6 Å². The standard InChI is InChI=1S/C23H23F3N6O2/c1-14(33)31-9-6-17(7-10-31)28-21-27-8-5-18(29-21)20-19(30-22-32(20)11-12-34-22)15-3-2-4-16(13-15)23(24,25)26/h2-5,8,11-13,17,22,30H,6-7,9-10H2,1H3,(H,27,28,29). The number of nitrogens with one attached hydrogen (secondary N) is 2. The van der Waals surface area contributed by atoms with Gasteiger partial charge in [0.2, 0.25) is 11.9 Å². The van der Waals surface area contributed by atoms with Gasteiger partial charge in [-0.3, -0.25) is 9.69 Å². The molecule has 0 bridgehead atoms. The molecular weight excluding hydrogens is 449 g/mol. The molecule has 0 aliphatic carbocycles. The van der Waals surface area contributed by atoms with Crippen LogP contribution >= 0.6 is 0 Å². The zero-order chi connectivity index (χ0) is 23.9. The zero-order valence-electron chi connectivity index (χ0n) is 18.3. The molecule has 34 heavy (non-hydrogen) atoms. The van der Waals surface area contributed by atoms with Gasteiger partial charge in [-0.15, -0.1) is 0 Å². The van der Waals surface area contributed by atoms with Crippen molar-refractivity contribution < 1.29 is 22.7 Å². The number of aromatic nitrogens is 2. The minimum atomic E-state index is -4.45. The third-order valence-corrected chi connectivity index (χ3v) is 6.09. The fourth-order valence-corrected chi connectivity index (χ4v) is 4.35. The number of hydrogen-bond donors (Lipinski definition) is 2. The summed E-state index contributed by atoms with van der Waals surface area (Å²) in [5.74, 6) is 0.483. The van der Waals surface area contributed by atoms with Gasteiger partial charge < -0.3 is 20.3 Å². The molecule has 1 fully saturated rings. The maximum atomic E-state index is 13.3. The SMILES string of the molecule is CC(=O)N1CCC(Nc2nccc(C3=C(c4cccc(C(F)(F)F)c4)NC4OC=CN34)n2)CC1. The second-order valence-electron chi connectivity index (χ2n) is 8.32. The maximum absolute atomic E-state index is 13.3. The normalized spacial score (nSPS) is 20.3. The number of carbonyl (C=O) groups excluding carboxylic acids is 1. The summed E-state index contributed by atoms with van der Waals surface area (Å²) in [6.07, 6.45) is 1.37. The van der Waals surface area contributed by atoms with Crippen LogP contribution in [-0.4, -0.2) is 51.2 Å². The molecule has 2 aromatic rings. The molecule has 0 saturated carbocycles. The van der Waals surface area contributed by atoms with Crippen molar-refractivity contribution in [3.05, 3.63) is 65.8 Å². The van der Waals surface area contributed by atoms with E-state index in [-0.39, 0.29) is 11.9 Å². The Bertz CT molecular complexity index is 1160. The van der Waals surface area contributed by atoms with Crippen LogP contribution < -0.4 is 10.6 Å². The van der Waals surface area contributed by atoms with Gasteiger partial charge in [-0.1, -0.05) is 12.1 Å². The quantitative estimate of drug-likeness (QED) is 0.706. The minimum absolute atomic E-state index is 0.0648. The molecule has 1 aromatic heterocycles. The van der Waals surface area contributed by atoms with E-state index in [0.717, 1.165) is 25.0 Å². The van der Waals surface area contributed by atoms with E-state index in [4.69, 9.17) is 4.74 Å². The summed E-state index contributed by atoms with van der Waals surface area (Å²) in [5.41, 5.74) is 1.26. The first kappa shape index (κ1) is 22.1. The van der Waals surface area contributed by atoms with Crippen LogP contribution in [0.2, 0.25) is 0 Å². The van der Waals surface area contributed by atoms with Gasteiger partial charge in [-0.2, -0.15) is 13.2 Å². The summed E-state index contributed by atoms with van der Waals surface area (Å²) < 4.78 is 45.5. The molecule has 178 valence electrons. The Morgan fingerprint density at radius 1 is 1.24 bits per heavy atom. The number of benzene rings is 1. The average molecular weight is 472 g/mol. The zero-order valence-corrected chi connectivity index (χ0v) is 18.3. The number of fused-ring (bicyclic) bond motifs is 1. The molecule has 8 nitrogen and oxygen atoms in total. The molecule has 11 heteroatoms. The lowest BCUT2D eigenvalue weighted by Gasteiger charge is -2.31. The summed E-state index contributed by atoms with van der Waals surface area (Å²) in [7, 11) is 0. The topological polar surface area (TPSA) is 82.6 Å². The highest BCUT2D eigenvalue weighted by Gasteiger charge is 2.37. The third kappa shape index (κ3) is 4.25. The highest BCUT2D eigenvalue weighted by molar-refractivity contribution is 5.91. The van der Waals surface area contributed by atoms with Crippen molar-refractivity contribution in [2.45, 2.75) is 38.3 Å². The van der Waals surface area contributed by atoms with Crippen molar-refractivity contribution in [1.29, 1.82) is 0 Å². The van der Waals surface area contributed by atoms with Crippen molar-refractivity contribution >= 4 is 23.2 Å². The summed E-state index contributed by atoms with van der Waals surface area (Å²) in [6.45, 7) is 2.90. The van der Waals surface area contributed by atoms with Crippen LogP contribution in [0.4, 0.5) is 19.1 Å². The van der Waals surface area contributed by atoms with Gasteiger partial charge in [0.05, 0.1) is 22.7 Å². The molecule has 1 unspecified atom stereocenters. The molecule has 3 aliphatic heterocycles. The molecule has 3 aliphatic rings. The van der Waals surface area contributed by atoms with Gasteiger partial charge in [0.1, 0.15) is 6.26 Å². The van der Waals surface area contributed by atoms with Crippen LogP contribution in [0.15, 0.2) is 49.0 Å². The van der Waals surface area contributed by atoms with Gasteiger partial charge in [0.25, 0.3) is 6.35 Å². The number of likely N-dealkylation sites (tertiary alicyclic amines) is 1. The van der Waals surface area contributed by atoms with Crippen molar-refractivity contribution in [2.75, 3.05) is 18.4 Å². The van der Waals surface area contributed by atoms with E-state index in [1.54, 1.807) is 36.4 Å². The van der Waals surface area contributed by atoms with Crippen LogP contribution in [0.25, 0.3) is 11.4 Å². The Kier molecular flexibility index (Phi) is 5.54. The number of nitrogens with zero attached hydrogens (tertiary/aromatic N) is 4. The van der Waals surface area contributed by atoms with Crippen molar-refractivity contribution in [2.24, 2.45) is 0 Å². The van der Waals surface area contributed by atoms with Crippen molar-refractivity contribution in [3.63, 3.8) is 0 Å². The molecule has 4 heterocycles. The molecule has 2 N–H and O–H groups in total. The van der Waals surface area contributed by atoms with Gasteiger partial charge in [-0.05, 0) is 31.0 Å². The Morgan fingerprint density at radius 2 is 2.03 bits per heavy atom. The van der Waals surface area contributed by atoms with E-state index >= 15 is 0 Å². The molecule has 0 spiro atoms. The number of hydrogen-bond acceptors (Lipinski definition) is 7. The number of rotatable bonds is 4. The lowest BCUT2D eigenvalue weighted by atomic mass is 10.0. The lowest BCUT2D eigenvalue weighted by molar-refractivity contribution is -0.137. The van der Waals surface area contributed by atoms with Gasteiger partial charge in [-0.25, -0.2) is 9.97 Å². The van der Waals surface area contributed by atoms with Crippen molar-refractivity contribution in [3.8, 4) is 0 Å². The van der Waals surface area contributed by atoms with Crippen LogP contribution in [0.3, 0.4) is 0 Å². The van der Waals surface area contributed by atoms with E-state index < -0.39 is 18.1 Å². The Morgan fingerprint density at radius 3 is 2.76 bits per heavy atom. The highest BCUT2D eigenvalue weighted by Crippen LogP contribution is 2.38. The fourth-order valence-electron chi connectivity index (χ4n) is 4.35. The number of piperidine rings is 1. The second kappa shape index (κ2) is 8.54. The summed E-state index contributed by atoms with van der Waals surface area (Å²) in [4.78, 5) is 24.1. The molecule has 5 rings (SSSR count). The average Bonchev–Trinajstić information content (AvgIpc) is 3.40. The molecule has 1 amide bonds. The van der Waals surface area contributed by atoms with Crippen molar-refractivity contribution in [1.82, 2.24) is 25.1 Å². The Labute approximate surface area is 194 Å². The van der Waals surface area contributed by atoms with Crippen LogP contribution in [0, 0.1) is 0 Å². The predicted molar refractivity (Wildman–Crippen MR) is 118 cm³/mol. The fraction of sp³-hybridized carbons (Fsp3) is 0.348. The molecule has 1 atom stereocenters. The van der Waals surface area contributed by atoms with Crippen LogP contribution in [0.1, 0.15) is 36.6 Å². The number of amides is 1. The molecular formula is C23H23F3N6O2. The first-order chi connectivity index (χ1) is 16.3. The van der Waals surface area contributed by atoms with E-state index in [9.17, 15) is 18.0 Å². The first-order valence-electron chi connectivity index (χ1n) is 10.9. The lowest BCUT2D eigenvalue weighted by Crippen LogP contribution is -2.41. The Balaban J connectivity index is 1.45. The van der Waals surface area contributed by atoms with E-state index in [1.807, 2.05) is 4.90 Å². The molecule has 0 radical (unpaired) electrons. The van der Waals surface area contributed by atoms with E-state index in [1.165, 1.54) is 12.3 Å². The minimum Gasteiger partial charge on any atom is -0.458 e. The smallest absolute Gasteiger partial charge is 0.416 e. The first-order valence-corrected chi connectivity index (χ1v) is 10.9. The van der Waals surface area contributed by atoms with E-state index in [0.29, 0.717) is 41.7 Å². The summed E-state index contributed by atoms with van der Waals surface area (Å²) in [6, 6.07) is 6.98. The molecule has 1 saturated heterocycles. The van der Waals surface area contributed by atoms with Crippen LogP contribution in [0.5, 0.6) is 0 Å².